The van der Waals surface area contributed by atoms with Crippen LogP contribution >= 0.6 is 0 Å². The molecule has 122 valence electrons. The number of hydrogen-bond donors (Lipinski definition) is 3. The van der Waals surface area contributed by atoms with Gasteiger partial charge in [0.05, 0.1) is 0 Å². The summed E-state index contributed by atoms with van der Waals surface area (Å²) in [5, 5.41) is 23.2. The molecule has 0 fully saturated rings. The smallest absolute Gasteiger partial charge is 0.303 e. The van der Waals surface area contributed by atoms with Crippen molar-refractivity contribution in [3.05, 3.63) is 40.6 Å². The van der Waals surface area contributed by atoms with Gasteiger partial charge in [0, 0.05) is 24.9 Å². The maximum absolute atomic E-state index is 12.2. The van der Waals surface area contributed by atoms with Crippen LogP contribution in [-0.4, -0.2) is 23.5 Å². The number of carboxylic acids is 1. The molecule has 3 N–H and O–H groups in total. The highest BCUT2D eigenvalue weighted by Crippen LogP contribution is 2.22. The fourth-order valence-corrected chi connectivity index (χ4v) is 2.22. The van der Waals surface area contributed by atoms with Crippen LogP contribution in [0.5, 0.6) is 0 Å². The lowest BCUT2D eigenvalue weighted by Crippen LogP contribution is -2.18. The fourth-order valence-electron chi connectivity index (χ4n) is 2.22. The predicted molar refractivity (Wildman–Crippen MR) is 87.9 cm³/mol. The number of carbonyl (C=O) groups excluding carboxylic acids is 1. The average Bonchev–Trinajstić information content (AvgIpc) is 2.46. The van der Waals surface area contributed by atoms with E-state index in [0.29, 0.717) is 18.7 Å². The van der Waals surface area contributed by atoms with Crippen LogP contribution in [-0.2, 0) is 9.59 Å². The second-order valence-electron chi connectivity index (χ2n) is 5.35. The van der Waals surface area contributed by atoms with Crippen molar-refractivity contribution < 1.29 is 14.7 Å². The number of benzene rings is 1. The Labute approximate surface area is 135 Å². The minimum Gasteiger partial charge on any atom is -0.481 e. The summed E-state index contributed by atoms with van der Waals surface area (Å²) in [6.45, 7) is 6.16. The van der Waals surface area contributed by atoms with Gasteiger partial charge in [-0.1, -0.05) is 17.7 Å². The van der Waals surface area contributed by atoms with E-state index >= 15 is 0 Å². The summed E-state index contributed by atoms with van der Waals surface area (Å²) < 4.78 is 0. The summed E-state index contributed by atoms with van der Waals surface area (Å²) in [4.78, 5) is 22.6. The third-order valence-electron chi connectivity index (χ3n) is 3.24. The largest absolute Gasteiger partial charge is 0.481 e. The number of nitrogens with zero attached hydrogens (tertiary/aromatic N) is 1. The van der Waals surface area contributed by atoms with Gasteiger partial charge < -0.3 is 15.7 Å². The molecule has 23 heavy (non-hydrogen) atoms. The van der Waals surface area contributed by atoms with Gasteiger partial charge in [-0.15, -0.1) is 0 Å². The van der Waals surface area contributed by atoms with Crippen LogP contribution in [0.1, 0.15) is 29.5 Å². The van der Waals surface area contributed by atoms with Gasteiger partial charge >= 0.3 is 5.97 Å². The van der Waals surface area contributed by atoms with E-state index in [0.717, 1.165) is 16.7 Å². The number of aliphatic carboxylic acids is 1. The molecule has 0 saturated heterocycles. The first-order chi connectivity index (χ1) is 10.8. The maximum atomic E-state index is 12.2. The first-order valence-electron chi connectivity index (χ1n) is 7.29. The molecule has 0 aliphatic rings. The number of nitrogens with one attached hydrogen (secondary N) is 2. The first-order valence-corrected chi connectivity index (χ1v) is 7.29. The highest BCUT2D eigenvalue weighted by Gasteiger charge is 2.12. The molecule has 0 aliphatic heterocycles. The van der Waals surface area contributed by atoms with Crippen LogP contribution < -0.4 is 10.6 Å². The zero-order valence-electron chi connectivity index (χ0n) is 13.6. The van der Waals surface area contributed by atoms with Gasteiger partial charge in [0.25, 0.3) is 5.91 Å². The van der Waals surface area contributed by atoms with Gasteiger partial charge in [-0.3, -0.25) is 9.59 Å². The third kappa shape index (κ3) is 5.83. The molecule has 0 bridgehead atoms. The SMILES string of the molecule is Cc1cc(C)c(NC(=O)/C(C#N)=C\NCCCC(=O)O)c(C)c1. The number of amides is 1. The van der Waals surface area contributed by atoms with Crippen LogP contribution in [0, 0.1) is 32.1 Å². The standard InChI is InChI=1S/C17H21N3O3/c1-11-7-12(2)16(13(3)8-11)20-17(23)14(9-18)10-19-6-4-5-15(21)22/h7-8,10,19H,4-6H2,1-3H3,(H,20,23)(H,21,22)/b14-10-. The van der Waals surface area contributed by atoms with Crippen LogP contribution in [0.2, 0.25) is 0 Å². The Bertz CT molecular complexity index is 649. The molecular weight excluding hydrogens is 294 g/mol. The monoisotopic (exact) mass is 315 g/mol. The Hall–Kier alpha value is -2.81. The quantitative estimate of drug-likeness (QED) is 0.407. The number of rotatable bonds is 7. The molecule has 6 nitrogen and oxygen atoms in total. The molecule has 0 radical (unpaired) electrons. The van der Waals surface area contributed by atoms with Gasteiger partial charge in [0.2, 0.25) is 0 Å². The Balaban J connectivity index is 2.71. The zero-order chi connectivity index (χ0) is 17.4. The van der Waals surface area contributed by atoms with Crippen LogP contribution in [0.3, 0.4) is 0 Å². The molecule has 0 heterocycles. The molecule has 0 atom stereocenters. The second kappa shape index (κ2) is 8.59. The first kappa shape index (κ1) is 18.2. The minimum absolute atomic E-state index is 0.0384. The number of carboxylic acid groups (broad SMARTS) is 1. The van der Waals surface area contributed by atoms with Crippen molar-refractivity contribution in [2.24, 2.45) is 0 Å². The van der Waals surface area contributed by atoms with E-state index in [2.05, 4.69) is 10.6 Å². The van der Waals surface area contributed by atoms with E-state index in [1.165, 1.54) is 6.20 Å². The van der Waals surface area contributed by atoms with Gasteiger partial charge in [-0.2, -0.15) is 5.26 Å². The van der Waals surface area contributed by atoms with E-state index in [1.807, 2.05) is 39.0 Å². The molecule has 6 heteroatoms. The molecule has 1 rings (SSSR count). The van der Waals surface area contributed by atoms with Crippen molar-refractivity contribution >= 4 is 17.6 Å². The van der Waals surface area contributed by atoms with Gasteiger partial charge in [0.1, 0.15) is 11.6 Å². The van der Waals surface area contributed by atoms with Crippen molar-refractivity contribution in [3.63, 3.8) is 0 Å². The van der Waals surface area contributed by atoms with Crippen molar-refractivity contribution in [3.8, 4) is 6.07 Å². The Kier molecular flexibility index (Phi) is 6.81. The molecule has 0 saturated carbocycles. The molecule has 0 aliphatic carbocycles. The van der Waals surface area contributed by atoms with E-state index in [-0.39, 0.29) is 12.0 Å². The number of carbonyl (C=O) groups is 2. The molecular formula is C17H21N3O3. The van der Waals surface area contributed by atoms with Crippen molar-refractivity contribution in [2.75, 3.05) is 11.9 Å². The molecule has 0 aromatic heterocycles. The maximum Gasteiger partial charge on any atom is 0.303 e. The van der Waals surface area contributed by atoms with Crippen molar-refractivity contribution in [1.82, 2.24) is 5.32 Å². The Morgan fingerprint density at radius 3 is 2.39 bits per heavy atom. The van der Waals surface area contributed by atoms with E-state index in [1.54, 1.807) is 0 Å². The molecule has 1 amide bonds. The van der Waals surface area contributed by atoms with E-state index in [9.17, 15) is 9.59 Å². The molecule has 0 unspecified atom stereocenters. The zero-order valence-corrected chi connectivity index (χ0v) is 13.6. The minimum atomic E-state index is -0.876. The molecule has 1 aromatic carbocycles. The van der Waals surface area contributed by atoms with E-state index < -0.39 is 11.9 Å². The summed E-state index contributed by atoms with van der Waals surface area (Å²) in [5.41, 5.74) is 3.62. The summed E-state index contributed by atoms with van der Waals surface area (Å²) in [6.07, 6.45) is 1.77. The van der Waals surface area contributed by atoms with Crippen molar-refractivity contribution in [2.45, 2.75) is 33.6 Å². The lowest BCUT2D eigenvalue weighted by atomic mass is 10.0. The van der Waals surface area contributed by atoms with Gasteiger partial charge in [-0.25, -0.2) is 0 Å². The lowest BCUT2D eigenvalue weighted by molar-refractivity contribution is -0.137. The summed E-state index contributed by atoms with van der Waals surface area (Å²) in [5.74, 6) is -1.37. The number of nitriles is 1. The summed E-state index contributed by atoms with van der Waals surface area (Å²) in [7, 11) is 0. The summed E-state index contributed by atoms with van der Waals surface area (Å²) in [6, 6.07) is 5.76. The van der Waals surface area contributed by atoms with Crippen molar-refractivity contribution in [1.29, 1.82) is 5.26 Å². The Morgan fingerprint density at radius 1 is 1.26 bits per heavy atom. The van der Waals surface area contributed by atoms with Crippen LogP contribution in [0.4, 0.5) is 5.69 Å². The number of anilines is 1. The van der Waals surface area contributed by atoms with E-state index in [4.69, 9.17) is 10.4 Å². The second-order valence-corrected chi connectivity index (χ2v) is 5.35. The normalized spacial score (nSPS) is 10.8. The van der Waals surface area contributed by atoms with Gasteiger partial charge in [0.15, 0.2) is 0 Å². The summed E-state index contributed by atoms with van der Waals surface area (Å²) >= 11 is 0. The highest BCUT2D eigenvalue weighted by molar-refractivity contribution is 6.07. The predicted octanol–water partition coefficient (Wildman–Crippen LogP) is 2.41. The Morgan fingerprint density at radius 2 is 1.87 bits per heavy atom. The van der Waals surface area contributed by atoms with Crippen LogP contribution in [0.25, 0.3) is 0 Å². The third-order valence-corrected chi connectivity index (χ3v) is 3.24. The molecule has 1 aromatic rings. The average molecular weight is 315 g/mol. The number of hydrogen-bond acceptors (Lipinski definition) is 4. The highest BCUT2D eigenvalue weighted by atomic mass is 16.4. The number of aryl methyl sites for hydroxylation is 3. The lowest BCUT2D eigenvalue weighted by Gasteiger charge is -2.12. The fraction of sp³-hybridized carbons (Fsp3) is 0.353. The van der Waals surface area contributed by atoms with Crippen LogP contribution in [0.15, 0.2) is 23.9 Å². The molecule has 0 spiro atoms. The van der Waals surface area contributed by atoms with Gasteiger partial charge in [-0.05, 0) is 38.3 Å². The topological polar surface area (TPSA) is 102 Å².